The number of amides is 2. The molecule has 2 N–H and O–H groups in total. The minimum Gasteiger partial charge on any atom is -0.497 e. The van der Waals surface area contributed by atoms with E-state index in [1.165, 1.54) is 0 Å². The van der Waals surface area contributed by atoms with Gasteiger partial charge in [-0.15, -0.1) is 0 Å². The molecule has 2 aromatic carbocycles. The Morgan fingerprint density at radius 1 is 1.10 bits per heavy atom. The van der Waals surface area contributed by atoms with Crippen molar-refractivity contribution in [3.63, 3.8) is 0 Å². The van der Waals surface area contributed by atoms with Gasteiger partial charge in [0.05, 0.1) is 13.0 Å². The number of ether oxygens (including phenoxy) is 2. The predicted octanol–water partition coefficient (Wildman–Crippen LogP) is 2.15. The second-order valence-corrected chi connectivity index (χ2v) is 6.72. The summed E-state index contributed by atoms with van der Waals surface area (Å²) in [7, 11) is 1.60. The summed E-state index contributed by atoms with van der Waals surface area (Å²) in [4.78, 5) is 37.0. The average molecular weight is 398 g/mol. The fourth-order valence-electron chi connectivity index (χ4n) is 3.08. The van der Waals surface area contributed by atoms with Gasteiger partial charge in [0, 0.05) is 25.2 Å². The molecule has 0 aliphatic carbocycles. The number of anilines is 1. The van der Waals surface area contributed by atoms with E-state index in [0.29, 0.717) is 24.5 Å². The van der Waals surface area contributed by atoms with Crippen molar-refractivity contribution in [3.05, 3.63) is 54.1 Å². The maximum Gasteiger partial charge on any atom is 0.341 e. The van der Waals surface area contributed by atoms with Crippen molar-refractivity contribution in [2.24, 2.45) is 5.92 Å². The monoisotopic (exact) mass is 398 g/mol. The molecule has 1 saturated heterocycles. The lowest BCUT2D eigenvalue weighted by Crippen LogP contribution is -2.28. The zero-order valence-corrected chi connectivity index (χ0v) is 16.0. The van der Waals surface area contributed by atoms with Crippen LogP contribution in [0.25, 0.3) is 0 Å². The second kappa shape index (κ2) is 9.09. The Kier molecular flexibility index (Phi) is 6.33. The zero-order chi connectivity index (χ0) is 20.8. The Labute approximate surface area is 168 Å². The van der Waals surface area contributed by atoms with Gasteiger partial charge in [-0.2, -0.15) is 0 Å². The summed E-state index contributed by atoms with van der Waals surface area (Å²) < 4.78 is 10.2. The van der Waals surface area contributed by atoms with Crippen molar-refractivity contribution in [1.29, 1.82) is 0 Å². The van der Waals surface area contributed by atoms with E-state index in [2.05, 4.69) is 5.32 Å². The Morgan fingerprint density at radius 3 is 2.38 bits per heavy atom. The number of likely N-dealkylation sites (tertiary alicyclic amines) is 1. The first kappa shape index (κ1) is 20.2. The van der Waals surface area contributed by atoms with Gasteiger partial charge in [-0.1, -0.05) is 12.1 Å². The van der Waals surface area contributed by atoms with E-state index in [-0.39, 0.29) is 18.2 Å². The van der Waals surface area contributed by atoms with Gasteiger partial charge in [0.25, 0.3) is 0 Å². The highest BCUT2D eigenvalue weighted by atomic mass is 16.5. The van der Waals surface area contributed by atoms with Crippen LogP contribution in [0, 0.1) is 5.92 Å². The summed E-state index contributed by atoms with van der Waals surface area (Å²) in [6.45, 7) is 0.374. The Hall–Kier alpha value is -3.55. The van der Waals surface area contributed by atoms with Crippen molar-refractivity contribution in [3.8, 4) is 11.5 Å². The van der Waals surface area contributed by atoms with Crippen LogP contribution in [0.4, 0.5) is 5.69 Å². The lowest BCUT2D eigenvalue weighted by Gasteiger charge is -2.17. The summed E-state index contributed by atoms with van der Waals surface area (Å²) in [5.41, 5.74) is 1.52. The molecule has 1 unspecified atom stereocenters. The van der Waals surface area contributed by atoms with E-state index in [1.807, 2.05) is 24.3 Å². The quantitative estimate of drug-likeness (QED) is 0.706. The van der Waals surface area contributed by atoms with Crippen LogP contribution in [0.3, 0.4) is 0 Å². The number of methoxy groups -OCH3 is 1. The molecule has 1 atom stereocenters. The molecule has 2 amide bonds. The molecule has 1 fully saturated rings. The third kappa shape index (κ3) is 5.47. The lowest BCUT2D eigenvalue weighted by atomic mass is 10.1. The summed E-state index contributed by atoms with van der Waals surface area (Å²) >= 11 is 0. The highest BCUT2D eigenvalue weighted by Gasteiger charge is 2.34. The first-order valence-corrected chi connectivity index (χ1v) is 9.11. The Morgan fingerprint density at radius 2 is 1.76 bits per heavy atom. The number of rotatable bonds is 8. The molecule has 0 radical (unpaired) electrons. The van der Waals surface area contributed by atoms with Gasteiger partial charge >= 0.3 is 5.97 Å². The molecular weight excluding hydrogens is 376 g/mol. The van der Waals surface area contributed by atoms with Crippen LogP contribution in [0.1, 0.15) is 12.0 Å². The first-order chi connectivity index (χ1) is 13.9. The van der Waals surface area contributed by atoms with E-state index in [1.54, 1.807) is 36.3 Å². The number of nitrogens with zero attached hydrogens (tertiary/aromatic N) is 1. The van der Waals surface area contributed by atoms with Crippen LogP contribution in [0.15, 0.2) is 48.5 Å². The van der Waals surface area contributed by atoms with Crippen molar-refractivity contribution in [2.45, 2.75) is 13.0 Å². The highest BCUT2D eigenvalue weighted by Crippen LogP contribution is 2.23. The SMILES string of the molecule is COc1ccc(CN2CC(C(=O)Nc3ccc(OCC(=O)O)cc3)CC2=O)cc1. The van der Waals surface area contributed by atoms with Gasteiger partial charge in [0.15, 0.2) is 6.61 Å². The third-order valence-electron chi connectivity index (χ3n) is 4.60. The van der Waals surface area contributed by atoms with E-state index in [4.69, 9.17) is 14.6 Å². The molecule has 29 heavy (non-hydrogen) atoms. The van der Waals surface area contributed by atoms with E-state index >= 15 is 0 Å². The van der Waals surface area contributed by atoms with Crippen molar-refractivity contribution in [1.82, 2.24) is 4.90 Å². The van der Waals surface area contributed by atoms with Crippen LogP contribution < -0.4 is 14.8 Å². The molecule has 1 aliphatic rings. The Balaban J connectivity index is 1.53. The van der Waals surface area contributed by atoms with Crippen molar-refractivity contribution >= 4 is 23.5 Å². The summed E-state index contributed by atoms with van der Waals surface area (Å²) in [6, 6.07) is 13.9. The van der Waals surface area contributed by atoms with Crippen LogP contribution in [0.5, 0.6) is 11.5 Å². The van der Waals surface area contributed by atoms with Gasteiger partial charge in [-0.3, -0.25) is 9.59 Å². The fourth-order valence-corrected chi connectivity index (χ4v) is 3.08. The minimum atomic E-state index is -1.06. The second-order valence-electron chi connectivity index (χ2n) is 6.72. The molecule has 0 bridgehead atoms. The fraction of sp³-hybridized carbons (Fsp3) is 0.286. The minimum absolute atomic E-state index is 0.0570. The molecule has 2 aromatic rings. The van der Waals surface area contributed by atoms with Gasteiger partial charge in [-0.25, -0.2) is 4.79 Å². The number of carbonyl (C=O) groups excluding carboxylic acids is 2. The maximum absolute atomic E-state index is 12.5. The molecule has 1 heterocycles. The molecule has 8 nitrogen and oxygen atoms in total. The Bertz CT molecular complexity index is 879. The molecule has 0 aromatic heterocycles. The van der Waals surface area contributed by atoms with Crippen molar-refractivity contribution < 1.29 is 29.0 Å². The molecule has 8 heteroatoms. The maximum atomic E-state index is 12.5. The lowest BCUT2D eigenvalue weighted by molar-refractivity contribution is -0.139. The molecule has 1 aliphatic heterocycles. The number of carboxylic acid groups (broad SMARTS) is 1. The average Bonchev–Trinajstić information content (AvgIpc) is 3.08. The number of hydrogen-bond acceptors (Lipinski definition) is 5. The third-order valence-corrected chi connectivity index (χ3v) is 4.60. The molecule has 152 valence electrons. The number of aliphatic carboxylic acids is 1. The van der Waals surface area contributed by atoms with E-state index < -0.39 is 18.5 Å². The normalized spacial score (nSPS) is 15.8. The van der Waals surface area contributed by atoms with Crippen LogP contribution in [0.2, 0.25) is 0 Å². The topological polar surface area (TPSA) is 105 Å². The highest BCUT2D eigenvalue weighted by molar-refractivity contribution is 5.97. The molecule has 0 spiro atoms. The van der Waals surface area contributed by atoms with Gasteiger partial charge in [-0.05, 0) is 42.0 Å². The first-order valence-electron chi connectivity index (χ1n) is 9.11. The van der Waals surface area contributed by atoms with Crippen LogP contribution >= 0.6 is 0 Å². The number of nitrogens with one attached hydrogen (secondary N) is 1. The van der Waals surface area contributed by atoms with Crippen LogP contribution in [-0.4, -0.2) is 48.1 Å². The van der Waals surface area contributed by atoms with Gasteiger partial charge in [0.1, 0.15) is 11.5 Å². The van der Waals surface area contributed by atoms with Gasteiger partial charge in [0.2, 0.25) is 11.8 Å². The van der Waals surface area contributed by atoms with Crippen molar-refractivity contribution in [2.75, 3.05) is 25.6 Å². The van der Waals surface area contributed by atoms with E-state index in [0.717, 1.165) is 11.3 Å². The number of benzene rings is 2. The predicted molar refractivity (Wildman–Crippen MR) is 105 cm³/mol. The van der Waals surface area contributed by atoms with Crippen LogP contribution in [-0.2, 0) is 20.9 Å². The number of carbonyl (C=O) groups is 3. The molecular formula is C21H22N2O6. The molecule has 3 rings (SSSR count). The van der Waals surface area contributed by atoms with Gasteiger partial charge < -0.3 is 24.8 Å². The standard InChI is InChI=1S/C21H22N2O6/c1-28-17-6-2-14(3-7-17)11-23-12-15(10-19(23)24)21(27)22-16-4-8-18(9-5-16)29-13-20(25)26/h2-9,15H,10-13H2,1H3,(H,22,27)(H,25,26). The largest absolute Gasteiger partial charge is 0.497 e. The zero-order valence-electron chi connectivity index (χ0n) is 16.0. The summed E-state index contributed by atoms with van der Waals surface area (Å²) in [6.07, 6.45) is 0.168. The number of hydrogen-bond donors (Lipinski definition) is 2. The van der Waals surface area contributed by atoms with E-state index in [9.17, 15) is 14.4 Å². The summed E-state index contributed by atoms with van der Waals surface area (Å²) in [5.74, 6) is -0.630. The smallest absolute Gasteiger partial charge is 0.341 e. The molecule has 0 saturated carbocycles. The number of carboxylic acids is 1. The summed E-state index contributed by atoms with van der Waals surface area (Å²) in [5, 5.41) is 11.4.